The fourth-order valence-electron chi connectivity index (χ4n) is 2.72. The Morgan fingerprint density at radius 2 is 2.17 bits per heavy atom. The molecule has 0 unspecified atom stereocenters. The van der Waals surface area contributed by atoms with E-state index in [0.29, 0.717) is 23.7 Å². The van der Waals surface area contributed by atoms with E-state index in [4.69, 9.17) is 11.5 Å². The summed E-state index contributed by atoms with van der Waals surface area (Å²) >= 11 is 0. The van der Waals surface area contributed by atoms with Gasteiger partial charge in [0.15, 0.2) is 5.78 Å². The second-order valence-electron chi connectivity index (χ2n) is 5.46. The van der Waals surface area contributed by atoms with Crippen molar-refractivity contribution >= 4 is 11.5 Å². The third-order valence-corrected chi connectivity index (χ3v) is 4.20. The van der Waals surface area contributed by atoms with E-state index in [1.165, 1.54) is 0 Å². The van der Waals surface area contributed by atoms with E-state index in [1.807, 2.05) is 0 Å². The highest BCUT2D eigenvalue weighted by Gasteiger charge is 2.40. The van der Waals surface area contributed by atoms with Crippen molar-refractivity contribution in [3.05, 3.63) is 24.0 Å². The van der Waals surface area contributed by atoms with Crippen molar-refractivity contribution < 1.29 is 4.79 Å². The molecule has 0 amide bonds. The molecule has 2 rings (SSSR count). The third-order valence-electron chi connectivity index (χ3n) is 4.20. The van der Waals surface area contributed by atoms with E-state index in [2.05, 4.69) is 11.9 Å². The van der Waals surface area contributed by atoms with Gasteiger partial charge in [-0.3, -0.25) is 9.78 Å². The van der Waals surface area contributed by atoms with Crippen molar-refractivity contribution in [2.45, 2.75) is 32.6 Å². The van der Waals surface area contributed by atoms with Gasteiger partial charge in [-0.05, 0) is 37.7 Å². The Hall–Kier alpha value is -1.42. The van der Waals surface area contributed by atoms with Crippen LogP contribution in [0.5, 0.6) is 0 Å². The number of carbonyl (C=O) groups is 1. The van der Waals surface area contributed by atoms with Gasteiger partial charge in [0, 0.05) is 30.0 Å². The van der Waals surface area contributed by atoms with Crippen LogP contribution in [0.2, 0.25) is 0 Å². The number of carbonyl (C=O) groups excluding carboxylic acids is 1. The molecule has 4 N–H and O–H groups in total. The van der Waals surface area contributed by atoms with Gasteiger partial charge in [0.2, 0.25) is 0 Å². The number of pyridine rings is 1. The molecule has 0 aromatic carbocycles. The summed E-state index contributed by atoms with van der Waals surface area (Å²) in [5.41, 5.74) is 12.4. The fraction of sp³-hybridized carbons (Fsp3) is 0.571. The second kappa shape index (κ2) is 5.06. The predicted molar refractivity (Wildman–Crippen MR) is 72.1 cm³/mol. The molecule has 1 aromatic rings. The molecule has 1 fully saturated rings. The van der Waals surface area contributed by atoms with Crippen LogP contribution in [0.15, 0.2) is 18.5 Å². The van der Waals surface area contributed by atoms with Gasteiger partial charge in [-0.2, -0.15) is 0 Å². The summed E-state index contributed by atoms with van der Waals surface area (Å²) in [6, 6.07) is 1.67. The maximum Gasteiger partial charge on any atom is 0.173 e. The molecule has 18 heavy (non-hydrogen) atoms. The maximum absolute atomic E-state index is 12.7. The number of hydrogen-bond acceptors (Lipinski definition) is 4. The van der Waals surface area contributed by atoms with E-state index >= 15 is 0 Å². The van der Waals surface area contributed by atoms with E-state index in [0.717, 1.165) is 25.7 Å². The summed E-state index contributed by atoms with van der Waals surface area (Å²) in [6.07, 6.45) is 7.00. The topological polar surface area (TPSA) is 82.0 Å². The van der Waals surface area contributed by atoms with Crippen molar-refractivity contribution in [2.75, 3.05) is 12.3 Å². The van der Waals surface area contributed by atoms with Gasteiger partial charge < -0.3 is 11.5 Å². The molecule has 98 valence electrons. The van der Waals surface area contributed by atoms with Crippen LogP contribution in [0.1, 0.15) is 43.0 Å². The van der Waals surface area contributed by atoms with Crippen molar-refractivity contribution in [1.82, 2.24) is 4.98 Å². The Balaban J connectivity index is 2.28. The smallest absolute Gasteiger partial charge is 0.173 e. The van der Waals surface area contributed by atoms with E-state index < -0.39 is 5.41 Å². The first-order valence-corrected chi connectivity index (χ1v) is 6.53. The molecule has 0 saturated heterocycles. The number of rotatable bonds is 3. The molecule has 1 aliphatic carbocycles. The highest BCUT2D eigenvalue weighted by atomic mass is 16.1. The number of nitrogens with two attached hydrogens (primary N) is 2. The number of nitrogens with zero attached hydrogens (tertiary/aromatic N) is 1. The summed E-state index contributed by atoms with van der Waals surface area (Å²) in [5.74, 6) is 0.756. The first-order chi connectivity index (χ1) is 8.59. The number of hydrogen-bond donors (Lipinski definition) is 2. The Bertz CT molecular complexity index is 436. The van der Waals surface area contributed by atoms with Crippen LogP contribution >= 0.6 is 0 Å². The van der Waals surface area contributed by atoms with E-state index in [1.54, 1.807) is 18.5 Å². The monoisotopic (exact) mass is 247 g/mol. The van der Waals surface area contributed by atoms with Crippen LogP contribution in [-0.4, -0.2) is 17.3 Å². The van der Waals surface area contributed by atoms with Gasteiger partial charge in [0.1, 0.15) is 0 Å². The minimum absolute atomic E-state index is 0.0718. The van der Waals surface area contributed by atoms with Gasteiger partial charge in [0.05, 0.1) is 5.56 Å². The lowest BCUT2D eigenvalue weighted by molar-refractivity contribution is 0.0696. The van der Waals surface area contributed by atoms with Gasteiger partial charge >= 0.3 is 0 Å². The highest BCUT2D eigenvalue weighted by Crippen LogP contribution is 2.41. The summed E-state index contributed by atoms with van der Waals surface area (Å²) in [4.78, 5) is 16.7. The zero-order valence-corrected chi connectivity index (χ0v) is 10.9. The quantitative estimate of drug-likeness (QED) is 0.800. The largest absolute Gasteiger partial charge is 0.398 e. The van der Waals surface area contributed by atoms with Crippen molar-refractivity contribution in [1.29, 1.82) is 0 Å². The van der Waals surface area contributed by atoms with Gasteiger partial charge in [-0.1, -0.05) is 6.92 Å². The standard InChI is InChI=1S/C14H21N3O/c1-10-2-5-14(9-15,6-3-10)13(18)11-8-17-7-4-12(11)16/h4,7-8,10H,2-3,5-6,9,15H2,1H3,(H2,16,17). The molecule has 0 atom stereocenters. The lowest BCUT2D eigenvalue weighted by Crippen LogP contribution is -2.42. The van der Waals surface area contributed by atoms with Crippen LogP contribution in [0, 0.1) is 11.3 Å². The first-order valence-electron chi connectivity index (χ1n) is 6.53. The summed E-state index contributed by atoms with van der Waals surface area (Å²) in [7, 11) is 0. The molecule has 0 aliphatic heterocycles. The van der Waals surface area contributed by atoms with Gasteiger partial charge in [-0.25, -0.2) is 0 Å². The zero-order chi connectivity index (χ0) is 13.2. The van der Waals surface area contributed by atoms with Crippen molar-refractivity contribution in [2.24, 2.45) is 17.1 Å². The number of aromatic nitrogens is 1. The minimum atomic E-state index is -0.427. The van der Waals surface area contributed by atoms with Gasteiger partial charge in [-0.15, -0.1) is 0 Å². The lowest BCUT2D eigenvalue weighted by Gasteiger charge is -2.37. The molecule has 1 aromatic heterocycles. The average Bonchev–Trinajstić information content (AvgIpc) is 2.40. The minimum Gasteiger partial charge on any atom is -0.398 e. The summed E-state index contributed by atoms with van der Waals surface area (Å²) < 4.78 is 0. The molecule has 4 nitrogen and oxygen atoms in total. The molecular weight excluding hydrogens is 226 g/mol. The molecule has 0 spiro atoms. The Morgan fingerprint density at radius 3 is 2.72 bits per heavy atom. The van der Waals surface area contributed by atoms with Crippen LogP contribution in [0.3, 0.4) is 0 Å². The summed E-state index contributed by atoms with van der Waals surface area (Å²) in [5, 5.41) is 0. The molecule has 4 heteroatoms. The van der Waals surface area contributed by atoms with Crippen molar-refractivity contribution in [3.8, 4) is 0 Å². The van der Waals surface area contributed by atoms with Crippen LogP contribution < -0.4 is 11.5 Å². The fourth-order valence-corrected chi connectivity index (χ4v) is 2.72. The van der Waals surface area contributed by atoms with Crippen molar-refractivity contribution in [3.63, 3.8) is 0 Å². The number of ketones is 1. The summed E-state index contributed by atoms with van der Waals surface area (Å²) in [6.45, 7) is 2.62. The van der Waals surface area contributed by atoms with Crippen LogP contribution in [-0.2, 0) is 0 Å². The highest BCUT2D eigenvalue weighted by molar-refractivity contribution is 6.04. The van der Waals surface area contributed by atoms with Crippen LogP contribution in [0.4, 0.5) is 5.69 Å². The second-order valence-corrected chi connectivity index (χ2v) is 5.46. The molecule has 1 aliphatic rings. The molecular formula is C14H21N3O. The normalized spacial score (nSPS) is 28.0. The Labute approximate surface area is 108 Å². The number of anilines is 1. The molecule has 0 bridgehead atoms. The predicted octanol–water partition coefficient (Wildman–Crippen LogP) is 2.00. The third kappa shape index (κ3) is 2.25. The Kier molecular flexibility index (Phi) is 3.66. The van der Waals surface area contributed by atoms with E-state index in [-0.39, 0.29) is 5.78 Å². The van der Waals surface area contributed by atoms with E-state index in [9.17, 15) is 4.79 Å². The Morgan fingerprint density at radius 1 is 1.50 bits per heavy atom. The first kappa shape index (κ1) is 13.0. The molecule has 1 saturated carbocycles. The average molecular weight is 247 g/mol. The molecule has 1 heterocycles. The van der Waals surface area contributed by atoms with Crippen LogP contribution in [0.25, 0.3) is 0 Å². The molecule has 0 radical (unpaired) electrons. The lowest BCUT2D eigenvalue weighted by atomic mass is 9.67. The maximum atomic E-state index is 12.7. The number of nitrogen functional groups attached to an aromatic ring is 1. The van der Waals surface area contributed by atoms with Gasteiger partial charge in [0.25, 0.3) is 0 Å². The number of Topliss-reactive ketones (excluding diaryl/α,β-unsaturated/α-hetero) is 1. The zero-order valence-electron chi connectivity index (χ0n) is 10.9. The SMILES string of the molecule is CC1CCC(CN)(C(=O)c2cnccc2N)CC1.